The minimum atomic E-state index is -0.235. The average Bonchev–Trinajstić information content (AvgIpc) is 2.83. The van der Waals surface area contributed by atoms with Gasteiger partial charge in [-0.05, 0) is 24.1 Å². The van der Waals surface area contributed by atoms with Gasteiger partial charge < -0.3 is 4.90 Å². The SMILES string of the molecule is Cn1ncc(C(=O)N2CCCN(Cc3ccc(F)cc3)CC2)c1C#N. The lowest BCUT2D eigenvalue weighted by atomic mass is 10.2. The zero-order valence-corrected chi connectivity index (χ0v) is 14.2. The Morgan fingerprint density at radius 1 is 1.24 bits per heavy atom. The molecule has 130 valence electrons. The first-order chi connectivity index (χ1) is 12.1. The molecule has 0 N–H and O–H groups in total. The maximum absolute atomic E-state index is 13.0. The molecule has 0 spiro atoms. The molecule has 1 aromatic carbocycles. The number of nitrogens with zero attached hydrogens (tertiary/aromatic N) is 5. The molecule has 1 amide bonds. The Labute approximate surface area is 146 Å². The highest BCUT2D eigenvalue weighted by Gasteiger charge is 2.24. The lowest BCUT2D eigenvalue weighted by molar-refractivity contribution is 0.0760. The predicted octanol–water partition coefficient (Wildman–Crippen LogP) is 1.78. The minimum absolute atomic E-state index is 0.145. The highest BCUT2D eigenvalue weighted by Crippen LogP contribution is 2.14. The van der Waals surface area contributed by atoms with Crippen LogP contribution in [-0.4, -0.2) is 51.7 Å². The molecular formula is C18H20FN5O. The fourth-order valence-electron chi connectivity index (χ4n) is 3.08. The van der Waals surface area contributed by atoms with Crippen molar-refractivity contribution in [3.63, 3.8) is 0 Å². The van der Waals surface area contributed by atoms with E-state index in [4.69, 9.17) is 0 Å². The van der Waals surface area contributed by atoms with Crippen LogP contribution in [0.5, 0.6) is 0 Å². The van der Waals surface area contributed by atoms with Gasteiger partial charge in [-0.3, -0.25) is 14.4 Å². The third-order valence-electron chi connectivity index (χ3n) is 4.47. The normalized spacial score (nSPS) is 15.6. The van der Waals surface area contributed by atoms with Gasteiger partial charge in [0.15, 0.2) is 5.69 Å². The van der Waals surface area contributed by atoms with Gasteiger partial charge in [0.2, 0.25) is 0 Å². The summed E-state index contributed by atoms with van der Waals surface area (Å²) in [5, 5.41) is 13.2. The topological polar surface area (TPSA) is 65.2 Å². The van der Waals surface area contributed by atoms with Crippen molar-refractivity contribution in [3.05, 3.63) is 53.1 Å². The number of aryl methyl sites for hydroxylation is 1. The van der Waals surface area contributed by atoms with E-state index in [2.05, 4.69) is 10.00 Å². The molecule has 2 aromatic rings. The molecule has 0 bridgehead atoms. The molecule has 7 heteroatoms. The van der Waals surface area contributed by atoms with Gasteiger partial charge in [-0.1, -0.05) is 12.1 Å². The van der Waals surface area contributed by atoms with E-state index >= 15 is 0 Å². The molecule has 2 heterocycles. The summed E-state index contributed by atoms with van der Waals surface area (Å²) in [4.78, 5) is 16.7. The highest BCUT2D eigenvalue weighted by atomic mass is 19.1. The van der Waals surface area contributed by atoms with Crippen LogP contribution in [0.3, 0.4) is 0 Å². The number of halogens is 1. The quantitative estimate of drug-likeness (QED) is 0.854. The number of benzene rings is 1. The molecule has 0 radical (unpaired) electrons. The van der Waals surface area contributed by atoms with Gasteiger partial charge in [-0.15, -0.1) is 0 Å². The minimum Gasteiger partial charge on any atom is -0.337 e. The second-order valence-electron chi connectivity index (χ2n) is 6.19. The number of amides is 1. The first kappa shape index (κ1) is 17.1. The van der Waals surface area contributed by atoms with Crippen LogP contribution < -0.4 is 0 Å². The van der Waals surface area contributed by atoms with E-state index in [-0.39, 0.29) is 17.4 Å². The van der Waals surface area contributed by atoms with Crippen LogP contribution in [0.25, 0.3) is 0 Å². The molecular weight excluding hydrogens is 321 g/mol. The maximum Gasteiger partial charge on any atom is 0.258 e. The molecule has 1 aromatic heterocycles. The first-order valence-electron chi connectivity index (χ1n) is 8.26. The largest absolute Gasteiger partial charge is 0.337 e. The number of hydrogen-bond donors (Lipinski definition) is 0. The zero-order valence-electron chi connectivity index (χ0n) is 14.2. The van der Waals surface area contributed by atoms with E-state index in [1.165, 1.54) is 23.0 Å². The monoisotopic (exact) mass is 341 g/mol. The summed E-state index contributed by atoms with van der Waals surface area (Å²) in [6.07, 6.45) is 2.32. The van der Waals surface area contributed by atoms with Gasteiger partial charge in [0.05, 0.1) is 11.8 Å². The number of hydrogen-bond acceptors (Lipinski definition) is 4. The highest BCUT2D eigenvalue weighted by molar-refractivity contribution is 5.96. The number of rotatable bonds is 3. The standard InChI is InChI=1S/C18H20FN5O/c1-22-17(11-20)16(12-21-22)18(25)24-8-2-7-23(9-10-24)13-14-3-5-15(19)6-4-14/h3-6,12H,2,7-10,13H2,1H3. The first-order valence-corrected chi connectivity index (χ1v) is 8.26. The molecule has 0 saturated carbocycles. The van der Waals surface area contributed by atoms with Crippen LogP contribution >= 0.6 is 0 Å². The van der Waals surface area contributed by atoms with Crippen LogP contribution in [-0.2, 0) is 13.6 Å². The van der Waals surface area contributed by atoms with Crippen LogP contribution in [0.15, 0.2) is 30.5 Å². The van der Waals surface area contributed by atoms with Crippen LogP contribution in [0.2, 0.25) is 0 Å². The zero-order chi connectivity index (χ0) is 17.8. The molecule has 1 saturated heterocycles. The van der Waals surface area contributed by atoms with E-state index in [9.17, 15) is 14.4 Å². The Hall–Kier alpha value is -2.72. The Bertz CT molecular complexity index is 793. The van der Waals surface area contributed by atoms with E-state index in [1.54, 1.807) is 24.1 Å². The maximum atomic E-state index is 13.0. The Balaban J connectivity index is 1.64. The number of carbonyl (C=O) groups excluding carboxylic acids is 1. The fraction of sp³-hybridized carbons (Fsp3) is 0.389. The van der Waals surface area contributed by atoms with Crippen molar-refractivity contribution in [2.75, 3.05) is 26.2 Å². The Kier molecular flexibility index (Phi) is 5.10. The smallest absolute Gasteiger partial charge is 0.258 e. The summed E-state index contributed by atoms with van der Waals surface area (Å²) in [6.45, 7) is 3.60. The van der Waals surface area contributed by atoms with Gasteiger partial charge in [-0.25, -0.2) is 4.39 Å². The van der Waals surface area contributed by atoms with Crippen molar-refractivity contribution in [2.45, 2.75) is 13.0 Å². The van der Waals surface area contributed by atoms with Crippen molar-refractivity contribution in [2.24, 2.45) is 7.05 Å². The molecule has 1 aliphatic rings. The average molecular weight is 341 g/mol. The van der Waals surface area contributed by atoms with Gasteiger partial charge >= 0.3 is 0 Å². The summed E-state index contributed by atoms with van der Waals surface area (Å²) >= 11 is 0. The lowest BCUT2D eigenvalue weighted by Gasteiger charge is -2.22. The van der Waals surface area contributed by atoms with Crippen LogP contribution in [0, 0.1) is 17.1 Å². The number of aromatic nitrogens is 2. The molecule has 25 heavy (non-hydrogen) atoms. The van der Waals surface area contributed by atoms with Gasteiger partial charge in [0.25, 0.3) is 5.91 Å². The molecule has 6 nitrogen and oxygen atoms in total. The third kappa shape index (κ3) is 3.86. The van der Waals surface area contributed by atoms with Crippen molar-refractivity contribution < 1.29 is 9.18 Å². The second kappa shape index (κ2) is 7.45. The molecule has 0 unspecified atom stereocenters. The Morgan fingerprint density at radius 3 is 2.72 bits per heavy atom. The number of carbonyl (C=O) groups is 1. The van der Waals surface area contributed by atoms with Gasteiger partial charge in [0, 0.05) is 39.8 Å². The molecule has 0 aliphatic carbocycles. The molecule has 1 fully saturated rings. The van der Waals surface area contributed by atoms with E-state index in [0.29, 0.717) is 18.7 Å². The van der Waals surface area contributed by atoms with Crippen LogP contribution in [0.4, 0.5) is 4.39 Å². The molecule has 3 rings (SSSR count). The van der Waals surface area contributed by atoms with Crippen LogP contribution in [0.1, 0.15) is 28.0 Å². The predicted molar refractivity (Wildman–Crippen MR) is 90.1 cm³/mol. The van der Waals surface area contributed by atoms with E-state index in [1.807, 2.05) is 6.07 Å². The summed E-state index contributed by atoms with van der Waals surface area (Å²) in [7, 11) is 1.65. The van der Waals surface area contributed by atoms with Crippen molar-refractivity contribution in [1.29, 1.82) is 5.26 Å². The number of nitriles is 1. The van der Waals surface area contributed by atoms with E-state index in [0.717, 1.165) is 31.6 Å². The summed E-state index contributed by atoms with van der Waals surface area (Å²) in [5.74, 6) is -0.380. The van der Waals surface area contributed by atoms with Crippen molar-refractivity contribution in [1.82, 2.24) is 19.6 Å². The Morgan fingerprint density at radius 2 is 2.00 bits per heavy atom. The molecule has 1 aliphatic heterocycles. The van der Waals surface area contributed by atoms with Crippen molar-refractivity contribution >= 4 is 5.91 Å². The second-order valence-corrected chi connectivity index (χ2v) is 6.19. The van der Waals surface area contributed by atoms with Gasteiger partial charge in [0.1, 0.15) is 11.9 Å². The van der Waals surface area contributed by atoms with Gasteiger partial charge in [-0.2, -0.15) is 10.4 Å². The van der Waals surface area contributed by atoms with Crippen molar-refractivity contribution in [3.8, 4) is 6.07 Å². The van der Waals surface area contributed by atoms with E-state index < -0.39 is 0 Å². The summed E-state index contributed by atoms with van der Waals surface area (Å²) in [5.41, 5.74) is 1.70. The third-order valence-corrected chi connectivity index (χ3v) is 4.47. The lowest BCUT2D eigenvalue weighted by Crippen LogP contribution is -2.35. The summed E-state index contributed by atoms with van der Waals surface area (Å²) < 4.78 is 14.4. The summed E-state index contributed by atoms with van der Waals surface area (Å²) in [6, 6.07) is 8.55. The fourth-order valence-corrected chi connectivity index (χ4v) is 3.08. The molecule has 0 atom stereocenters.